The van der Waals surface area contributed by atoms with E-state index >= 15 is 0 Å². The summed E-state index contributed by atoms with van der Waals surface area (Å²) in [5.74, 6) is -2.06. The van der Waals surface area contributed by atoms with Crippen LogP contribution in [0.4, 0.5) is 10.5 Å². The van der Waals surface area contributed by atoms with Gasteiger partial charge in [-0.25, -0.2) is 9.59 Å². The van der Waals surface area contributed by atoms with Gasteiger partial charge in [-0.05, 0) is 43.8 Å². The molecule has 14 heteroatoms. The van der Waals surface area contributed by atoms with E-state index in [9.17, 15) is 34.8 Å². The largest absolute Gasteiger partial charge is 0.479 e. The second-order valence-corrected chi connectivity index (χ2v) is 10.3. The molecule has 2 amide bonds. The molecule has 1 fully saturated rings. The molecule has 3 rings (SSSR count). The molecule has 0 bridgehead atoms. The fourth-order valence-corrected chi connectivity index (χ4v) is 4.11. The number of carboxylic acids is 1. The van der Waals surface area contributed by atoms with E-state index in [2.05, 4.69) is 5.32 Å². The second-order valence-electron chi connectivity index (χ2n) is 10.3. The number of hydrogen-bond acceptors (Lipinski definition) is 11. The van der Waals surface area contributed by atoms with Gasteiger partial charge in [0.25, 0.3) is 0 Å². The Morgan fingerprint density at radius 2 is 1.67 bits per heavy atom. The van der Waals surface area contributed by atoms with Crippen LogP contribution in [0.3, 0.4) is 0 Å². The maximum absolute atomic E-state index is 12.9. The average Bonchev–Trinajstić information content (AvgIpc) is 2.96. The summed E-state index contributed by atoms with van der Waals surface area (Å²) >= 11 is 0. The number of carbonyl (C=O) groups is 3. The maximum Gasteiger partial charge on any atom is 0.411 e. The molecule has 5 N–H and O–H groups in total. The van der Waals surface area contributed by atoms with Crippen LogP contribution in [0.15, 0.2) is 48.5 Å². The molecular formula is C29H39N3O11. The van der Waals surface area contributed by atoms with Crippen LogP contribution in [0.5, 0.6) is 5.75 Å². The van der Waals surface area contributed by atoms with Crippen LogP contribution >= 0.6 is 0 Å². The molecule has 236 valence electrons. The lowest BCUT2D eigenvalue weighted by Crippen LogP contribution is -2.61. The number of rotatable bonds is 14. The first-order valence-electron chi connectivity index (χ1n) is 13.6. The van der Waals surface area contributed by atoms with Gasteiger partial charge in [0.1, 0.15) is 37.4 Å². The highest BCUT2D eigenvalue weighted by Gasteiger charge is 2.48. The number of hydrogen-bond donors (Lipinski definition) is 5. The monoisotopic (exact) mass is 605 g/mol. The van der Waals surface area contributed by atoms with E-state index in [0.29, 0.717) is 31.7 Å². The predicted octanol–water partition coefficient (Wildman–Crippen LogP) is 0.633. The van der Waals surface area contributed by atoms with Gasteiger partial charge in [-0.1, -0.05) is 36.4 Å². The molecule has 14 nitrogen and oxygen atoms in total. The number of ether oxygens (including phenoxy) is 4. The molecule has 0 aliphatic carbocycles. The van der Waals surface area contributed by atoms with Crippen LogP contribution in [0.25, 0.3) is 0 Å². The van der Waals surface area contributed by atoms with Crippen molar-refractivity contribution >= 4 is 23.7 Å². The number of likely N-dealkylation sites (N-methyl/N-ethyl adjacent to an activating group) is 1. The quantitative estimate of drug-likeness (QED) is 0.150. The van der Waals surface area contributed by atoms with Crippen LogP contribution in [0, 0.1) is 0 Å². The highest BCUT2D eigenvalue weighted by molar-refractivity contribution is 5.90. The minimum atomic E-state index is -1.88. The first kappa shape index (κ1) is 33.7. The summed E-state index contributed by atoms with van der Waals surface area (Å²) in [6, 6.07) is 14.2. The first-order chi connectivity index (χ1) is 20.5. The number of amides is 2. The van der Waals surface area contributed by atoms with E-state index < -0.39 is 48.7 Å². The van der Waals surface area contributed by atoms with Crippen molar-refractivity contribution < 1.29 is 53.8 Å². The third-order valence-electron chi connectivity index (χ3n) is 6.47. The third-order valence-corrected chi connectivity index (χ3v) is 6.47. The molecule has 1 aliphatic rings. The number of nitrogens with zero attached hydrogens (tertiary/aromatic N) is 2. The van der Waals surface area contributed by atoms with Crippen molar-refractivity contribution in [1.29, 1.82) is 0 Å². The third kappa shape index (κ3) is 10.2. The molecule has 1 saturated heterocycles. The van der Waals surface area contributed by atoms with Gasteiger partial charge in [0.15, 0.2) is 6.10 Å². The first-order valence-corrected chi connectivity index (χ1v) is 13.6. The van der Waals surface area contributed by atoms with E-state index in [1.54, 1.807) is 0 Å². The Hall–Kier alpha value is -3.79. The zero-order valence-corrected chi connectivity index (χ0v) is 24.3. The van der Waals surface area contributed by atoms with E-state index in [1.807, 2.05) is 49.3 Å². The number of aliphatic hydroxyl groups excluding tert-OH is 3. The molecule has 2 aromatic carbocycles. The van der Waals surface area contributed by atoms with Gasteiger partial charge in [-0.2, -0.15) is 0 Å². The number of carboxylic acid groups (broad SMARTS) is 1. The van der Waals surface area contributed by atoms with E-state index in [-0.39, 0.29) is 24.8 Å². The fraction of sp³-hybridized carbons (Fsp3) is 0.483. The minimum absolute atomic E-state index is 0.0264. The standard InChI is InChI=1S/C29H39N3O11/c1-18(33)30-21-15-20(9-10-22(21)42-28-25(36)23(34)24(35)26(43-28)27(37)38)16-41-29(39)32(13-12-31(2)3)17-40-14-11-19-7-5-4-6-8-19/h4-10,15,23-26,28,34-36H,11-14,16-17H2,1-3H3,(H,30,33)(H,37,38)/t23-,24?,25?,26?,28-/m0/s1. The number of anilines is 1. The van der Waals surface area contributed by atoms with E-state index in [0.717, 1.165) is 5.56 Å². The zero-order chi connectivity index (χ0) is 31.5. The van der Waals surface area contributed by atoms with Crippen LogP contribution in [-0.4, -0.2) is 119 Å². The second kappa shape index (κ2) is 16.2. The number of nitrogens with one attached hydrogen (secondary N) is 1. The van der Waals surface area contributed by atoms with Crippen LogP contribution in [-0.2, 0) is 36.8 Å². The molecular weight excluding hydrogens is 566 g/mol. The van der Waals surface area contributed by atoms with Crippen molar-refractivity contribution in [3.8, 4) is 5.75 Å². The molecule has 0 spiro atoms. The van der Waals surface area contributed by atoms with Gasteiger partial charge in [0.05, 0.1) is 12.3 Å². The van der Waals surface area contributed by atoms with Crippen molar-refractivity contribution in [2.75, 3.05) is 45.8 Å². The Balaban J connectivity index is 1.65. The summed E-state index contributed by atoms with van der Waals surface area (Å²) < 4.78 is 22.0. The number of carbonyl (C=O) groups excluding carboxylic acids is 2. The van der Waals surface area contributed by atoms with Gasteiger partial charge >= 0.3 is 12.1 Å². The molecule has 0 radical (unpaired) electrons. The van der Waals surface area contributed by atoms with Gasteiger partial charge in [0, 0.05) is 20.0 Å². The van der Waals surface area contributed by atoms with E-state index in [1.165, 1.54) is 30.0 Å². The van der Waals surface area contributed by atoms with Crippen molar-refractivity contribution in [3.05, 3.63) is 59.7 Å². The van der Waals surface area contributed by atoms with Crippen LogP contribution in [0.1, 0.15) is 18.1 Å². The highest BCUT2D eigenvalue weighted by atomic mass is 16.7. The highest BCUT2D eigenvalue weighted by Crippen LogP contribution is 2.31. The van der Waals surface area contributed by atoms with Crippen molar-refractivity contribution in [3.63, 3.8) is 0 Å². The maximum atomic E-state index is 12.9. The molecule has 2 aromatic rings. The Morgan fingerprint density at radius 3 is 2.33 bits per heavy atom. The number of aliphatic hydroxyl groups is 3. The van der Waals surface area contributed by atoms with Crippen molar-refractivity contribution in [2.24, 2.45) is 0 Å². The Labute approximate surface area is 249 Å². The lowest BCUT2D eigenvalue weighted by atomic mass is 9.99. The topological polar surface area (TPSA) is 188 Å². The van der Waals surface area contributed by atoms with Gasteiger partial charge in [-0.3, -0.25) is 9.69 Å². The molecule has 5 atom stereocenters. The summed E-state index contributed by atoms with van der Waals surface area (Å²) in [4.78, 5) is 39.6. The molecule has 43 heavy (non-hydrogen) atoms. The van der Waals surface area contributed by atoms with Gasteiger partial charge in [0.2, 0.25) is 12.2 Å². The van der Waals surface area contributed by atoms with Gasteiger partial charge in [-0.15, -0.1) is 0 Å². The van der Waals surface area contributed by atoms with Crippen LogP contribution < -0.4 is 10.1 Å². The predicted molar refractivity (Wildman–Crippen MR) is 152 cm³/mol. The SMILES string of the molecule is CC(=O)Nc1cc(COC(=O)N(CCN(C)C)COCCc2ccccc2)ccc1O[C@H]1OC(C(=O)O)C(O)[C@H](O)C1O. The molecule has 0 aromatic heterocycles. The van der Waals surface area contributed by atoms with E-state index in [4.69, 9.17) is 18.9 Å². The summed E-state index contributed by atoms with van der Waals surface area (Å²) in [5, 5.41) is 42.1. The summed E-state index contributed by atoms with van der Waals surface area (Å²) in [7, 11) is 3.77. The Kier molecular flexibility index (Phi) is 12.7. The lowest BCUT2D eigenvalue weighted by Gasteiger charge is -2.38. The Morgan fingerprint density at radius 1 is 0.953 bits per heavy atom. The Bertz CT molecular complexity index is 1210. The van der Waals surface area contributed by atoms with Gasteiger partial charge < -0.3 is 49.6 Å². The lowest BCUT2D eigenvalue weighted by molar-refractivity contribution is -0.271. The normalized spacial score (nSPS) is 21.7. The average molecular weight is 606 g/mol. The minimum Gasteiger partial charge on any atom is -0.479 e. The number of aliphatic carboxylic acids is 1. The molecule has 1 aliphatic heterocycles. The summed E-state index contributed by atoms with van der Waals surface area (Å²) in [6.45, 7) is 2.49. The molecule has 0 saturated carbocycles. The molecule has 1 heterocycles. The smallest absolute Gasteiger partial charge is 0.411 e. The fourth-order valence-electron chi connectivity index (χ4n) is 4.11. The van der Waals surface area contributed by atoms with Crippen molar-refractivity contribution in [2.45, 2.75) is 50.7 Å². The van der Waals surface area contributed by atoms with Crippen LogP contribution in [0.2, 0.25) is 0 Å². The molecule has 3 unspecified atom stereocenters. The summed E-state index contributed by atoms with van der Waals surface area (Å²) in [6.07, 6.45) is -8.98. The summed E-state index contributed by atoms with van der Waals surface area (Å²) in [5.41, 5.74) is 1.70. The van der Waals surface area contributed by atoms with Crippen molar-refractivity contribution in [1.82, 2.24) is 9.80 Å². The zero-order valence-electron chi connectivity index (χ0n) is 24.3. The number of benzene rings is 2.